The third-order valence-corrected chi connectivity index (χ3v) is 6.76. The first-order chi connectivity index (χ1) is 12.2. The molecule has 26 heavy (non-hydrogen) atoms. The van der Waals surface area contributed by atoms with E-state index in [1.807, 2.05) is 25.7 Å². The largest absolute Gasteiger partial charge is 0.444 e. The molecule has 1 aromatic rings. The van der Waals surface area contributed by atoms with Gasteiger partial charge in [0.1, 0.15) is 5.60 Å². The summed E-state index contributed by atoms with van der Waals surface area (Å²) in [6.07, 6.45) is 5.05. The Hall–Kier alpha value is -1.55. The maximum atomic E-state index is 12.5. The van der Waals surface area contributed by atoms with Gasteiger partial charge >= 0.3 is 6.09 Å². The standard InChI is InChI=1S/C22H32N2O2/c1-17-13-21(11-8-12-21)24(14-18-9-6-5-7-10-18)22(17)15-23(16-22)19(25)26-20(2,3)4/h5-7,9-10,17H,8,11-16H2,1-4H3. The van der Waals surface area contributed by atoms with Crippen molar-refractivity contribution in [1.29, 1.82) is 0 Å². The lowest BCUT2D eigenvalue weighted by molar-refractivity contribution is -0.104. The summed E-state index contributed by atoms with van der Waals surface area (Å²) in [4.78, 5) is 17.2. The lowest BCUT2D eigenvalue weighted by Crippen LogP contribution is -2.73. The zero-order valence-corrected chi connectivity index (χ0v) is 16.6. The van der Waals surface area contributed by atoms with Gasteiger partial charge in [-0.15, -0.1) is 0 Å². The number of ether oxygens (including phenoxy) is 1. The van der Waals surface area contributed by atoms with Gasteiger partial charge in [-0.05, 0) is 57.9 Å². The molecule has 4 heteroatoms. The first kappa shape index (κ1) is 17.8. The van der Waals surface area contributed by atoms with Crippen molar-refractivity contribution in [2.45, 2.75) is 76.6 Å². The fourth-order valence-corrected chi connectivity index (χ4v) is 5.31. The first-order valence-electron chi connectivity index (χ1n) is 10.0. The second kappa shape index (κ2) is 5.98. The Kier molecular flexibility index (Phi) is 4.11. The predicted octanol–water partition coefficient (Wildman–Crippen LogP) is 4.44. The molecule has 3 aliphatic rings. The van der Waals surface area contributed by atoms with E-state index >= 15 is 0 Å². The summed E-state index contributed by atoms with van der Waals surface area (Å²) in [5.41, 5.74) is 1.42. The second-order valence-corrected chi connectivity index (χ2v) is 9.69. The van der Waals surface area contributed by atoms with Gasteiger partial charge < -0.3 is 9.64 Å². The fourth-order valence-electron chi connectivity index (χ4n) is 5.31. The average molecular weight is 357 g/mol. The molecular formula is C22H32N2O2. The van der Waals surface area contributed by atoms with Crippen LogP contribution in [-0.2, 0) is 11.3 Å². The average Bonchev–Trinajstić information content (AvgIpc) is 2.74. The monoisotopic (exact) mass is 356 g/mol. The van der Waals surface area contributed by atoms with Gasteiger partial charge in [-0.2, -0.15) is 0 Å². The topological polar surface area (TPSA) is 32.8 Å². The van der Waals surface area contributed by atoms with Crippen LogP contribution in [0.1, 0.15) is 58.9 Å². The maximum absolute atomic E-state index is 12.5. The van der Waals surface area contributed by atoms with Crippen molar-refractivity contribution in [3.8, 4) is 0 Å². The smallest absolute Gasteiger partial charge is 0.410 e. The van der Waals surface area contributed by atoms with Crippen LogP contribution in [0.4, 0.5) is 4.79 Å². The van der Waals surface area contributed by atoms with Crippen LogP contribution < -0.4 is 0 Å². The third-order valence-electron chi connectivity index (χ3n) is 6.76. The number of rotatable bonds is 2. The number of likely N-dealkylation sites (tertiary alicyclic amines) is 2. The molecule has 142 valence electrons. The summed E-state index contributed by atoms with van der Waals surface area (Å²) in [6, 6.07) is 10.8. The van der Waals surface area contributed by atoms with Gasteiger partial charge in [-0.3, -0.25) is 4.90 Å². The molecule has 3 fully saturated rings. The lowest BCUT2D eigenvalue weighted by atomic mass is 9.73. The number of nitrogens with zero attached hydrogens (tertiary/aromatic N) is 2. The Labute approximate surface area is 157 Å². The summed E-state index contributed by atoms with van der Waals surface area (Å²) in [6.45, 7) is 10.8. The molecule has 1 aromatic carbocycles. The minimum atomic E-state index is -0.431. The van der Waals surface area contributed by atoms with Crippen molar-refractivity contribution in [3.63, 3.8) is 0 Å². The van der Waals surface area contributed by atoms with Crippen molar-refractivity contribution in [2.24, 2.45) is 5.92 Å². The van der Waals surface area contributed by atoms with Crippen LogP contribution in [0.2, 0.25) is 0 Å². The van der Waals surface area contributed by atoms with Gasteiger partial charge in [0.2, 0.25) is 0 Å². The van der Waals surface area contributed by atoms with Crippen LogP contribution in [0.3, 0.4) is 0 Å². The van der Waals surface area contributed by atoms with E-state index < -0.39 is 5.60 Å². The molecule has 0 aromatic heterocycles. The molecule has 0 bridgehead atoms. The Balaban J connectivity index is 1.53. The Morgan fingerprint density at radius 2 is 1.85 bits per heavy atom. The summed E-state index contributed by atoms with van der Waals surface area (Å²) in [5.74, 6) is 0.616. The molecule has 2 aliphatic heterocycles. The normalized spacial score (nSPS) is 26.6. The molecule has 1 unspecified atom stereocenters. The van der Waals surface area contributed by atoms with Gasteiger partial charge in [-0.1, -0.05) is 37.3 Å². The highest BCUT2D eigenvalue weighted by atomic mass is 16.6. The van der Waals surface area contributed by atoms with E-state index in [0.29, 0.717) is 11.5 Å². The zero-order valence-electron chi connectivity index (χ0n) is 16.6. The van der Waals surface area contributed by atoms with Crippen LogP contribution in [0.15, 0.2) is 30.3 Å². The SMILES string of the molecule is CC1CC2(CCC2)N(Cc2ccccc2)C12CN(C(=O)OC(C)(C)C)C2. The summed E-state index contributed by atoms with van der Waals surface area (Å²) in [5, 5.41) is 0. The zero-order chi connectivity index (χ0) is 18.6. The molecule has 0 radical (unpaired) electrons. The molecule has 2 heterocycles. The summed E-state index contributed by atoms with van der Waals surface area (Å²) < 4.78 is 5.59. The van der Waals surface area contributed by atoms with Crippen LogP contribution in [0.5, 0.6) is 0 Å². The van der Waals surface area contributed by atoms with Gasteiger partial charge in [0.15, 0.2) is 0 Å². The van der Waals surface area contributed by atoms with E-state index in [4.69, 9.17) is 4.74 Å². The summed E-state index contributed by atoms with van der Waals surface area (Å²) >= 11 is 0. The van der Waals surface area contributed by atoms with Gasteiger partial charge in [0.05, 0.1) is 5.54 Å². The van der Waals surface area contributed by atoms with Crippen LogP contribution in [0.25, 0.3) is 0 Å². The number of amides is 1. The van der Waals surface area contributed by atoms with Gasteiger partial charge in [0, 0.05) is 25.2 Å². The highest BCUT2D eigenvalue weighted by Crippen LogP contribution is 2.57. The fraction of sp³-hybridized carbons (Fsp3) is 0.682. The predicted molar refractivity (Wildman–Crippen MR) is 103 cm³/mol. The highest BCUT2D eigenvalue weighted by molar-refractivity contribution is 5.70. The van der Waals surface area contributed by atoms with Crippen molar-refractivity contribution in [3.05, 3.63) is 35.9 Å². The minimum Gasteiger partial charge on any atom is -0.444 e. The molecule has 1 amide bonds. The van der Waals surface area contributed by atoms with Crippen molar-refractivity contribution in [2.75, 3.05) is 13.1 Å². The maximum Gasteiger partial charge on any atom is 0.410 e. The van der Waals surface area contributed by atoms with Gasteiger partial charge in [0.25, 0.3) is 0 Å². The van der Waals surface area contributed by atoms with E-state index in [9.17, 15) is 4.79 Å². The Morgan fingerprint density at radius 3 is 2.38 bits per heavy atom. The molecule has 0 N–H and O–H groups in total. The molecule has 2 spiro atoms. The molecule has 4 nitrogen and oxygen atoms in total. The van der Waals surface area contributed by atoms with E-state index in [-0.39, 0.29) is 11.6 Å². The van der Waals surface area contributed by atoms with E-state index in [1.54, 1.807) is 0 Å². The minimum absolute atomic E-state index is 0.118. The van der Waals surface area contributed by atoms with Crippen molar-refractivity contribution < 1.29 is 9.53 Å². The molecule has 2 saturated heterocycles. The number of hydrogen-bond donors (Lipinski definition) is 0. The summed E-state index contributed by atoms with van der Waals surface area (Å²) in [7, 11) is 0. The Bertz CT molecular complexity index is 669. The quantitative estimate of drug-likeness (QED) is 0.785. The van der Waals surface area contributed by atoms with Crippen LogP contribution in [-0.4, -0.2) is 45.7 Å². The number of hydrogen-bond acceptors (Lipinski definition) is 3. The van der Waals surface area contributed by atoms with Crippen molar-refractivity contribution >= 4 is 6.09 Å². The van der Waals surface area contributed by atoms with E-state index in [0.717, 1.165) is 19.6 Å². The molecule has 1 saturated carbocycles. The van der Waals surface area contributed by atoms with E-state index in [1.165, 1.54) is 31.2 Å². The van der Waals surface area contributed by atoms with Gasteiger partial charge in [-0.25, -0.2) is 4.79 Å². The first-order valence-corrected chi connectivity index (χ1v) is 10.0. The lowest BCUT2D eigenvalue weighted by Gasteiger charge is -2.59. The molecular weight excluding hydrogens is 324 g/mol. The number of benzene rings is 1. The highest BCUT2D eigenvalue weighted by Gasteiger charge is 2.65. The molecule has 4 rings (SSSR count). The van der Waals surface area contributed by atoms with Crippen LogP contribution >= 0.6 is 0 Å². The van der Waals surface area contributed by atoms with Crippen molar-refractivity contribution in [1.82, 2.24) is 9.80 Å². The third kappa shape index (κ3) is 2.83. The number of carbonyl (C=O) groups excluding carboxylic acids is 1. The van der Waals surface area contributed by atoms with Crippen LogP contribution in [0, 0.1) is 5.92 Å². The Morgan fingerprint density at radius 1 is 1.19 bits per heavy atom. The molecule has 1 atom stereocenters. The number of carbonyl (C=O) groups is 1. The van der Waals surface area contributed by atoms with E-state index in [2.05, 4.69) is 42.2 Å². The molecule has 1 aliphatic carbocycles. The second-order valence-electron chi connectivity index (χ2n) is 9.69.